The molecule has 0 bridgehead atoms. The van der Waals surface area contributed by atoms with Gasteiger partial charge >= 0.3 is 0 Å². The van der Waals surface area contributed by atoms with Crippen LogP contribution in [0.1, 0.15) is 46.7 Å². The predicted octanol–water partition coefficient (Wildman–Crippen LogP) is 4.48. The number of methoxy groups -OCH3 is 1. The average Bonchev–Trinajstić information content (AvgIpc) is 3.37. The first-order valence-electron chi connectivity index (χ1n) is 9.88. The Balaban J connectivity index is 1.66. The molecule has 0 radical (unpaired) electrons. The molecular formula is C23H23F2N3O2. The topological polar surface area (TPSA) is 47.4 Å². The fraction of sp³-hybridized carbons (Fsp3) is 0.304. The van der Waals surface area contributed by atoms with Crippen molar-refractivity contribution in [3.05, 3.63) is 76.6 Å². The van der Waals surface area contributed by atoms with Crippen molar-refractivity contribution in [1.29, 1.82) is 0 Å². The van der Waals surface area contributed by atoms with Gasteiger partial charge in [-0.2, -0.15) is 5.10 Å². The van der Waals surface area contributed by atoms with Gasteiger partial charge in [-0.25, -0.2) is 13.5 Å². The van der Waals surface area contributed by atoms with Crippen LogP contribution >= 0.6 is 0 Å². The van der Waals surface area contributed by atoms with Crippen molar-refractivity contribution in [1.82, 2.24) is 14.7 Å². The van der Waals surface area contributed by atoms with E-state index < -0.39 is 11.6 Å². The molecule has 30 heavy (non-hydrogen) atoms. The van der Waals surface area contributed by atoms with E-state index in [1.54, 1.807) is 23.7 Å². The molecule has 3 aromatic rings. The maximum Gasteiger partial charge on any atom is 0.274 e. The summed E-state index contributed by atoms with van der Waals surface area (Å²) in [6.07, 6.45) is 2.38. The van der Waals surface area contributed by atoms with Gasteiger partial charge in [-0.15, -0.1) is 0 Å². The minimum atomic E-state index is -0.937. The molecule has 0 aliphatic heterocycles. The van der Waals surface area contributed by atoms with E-state index in [9.17, 15) is 13.6 Å². The summed E-state index contributed by atoms with van der Waals surface area (Å²) in [7, 11) is 3.35. The lowest BCUT2D eigenvalue weighted by atomic mass is 10.1. The summed E-state index contributed by atoms with van der Waals surface area (Å²) in [6, 6.07) is 11.1. The lowest BCUT2D eigenvalue weighted by Gasteiger charge is -2.25. The van der Waals surface area contributed by atoms with Crippen LogP contribution in [0.5, 0.6) is 5.75 Å². The number of hydrogen-bond acceptors (Lipinski definition) is 3. The zero-order valence-electron chi connectivity index (χ0n) is 17.2. The summed E-state index contributed by atoms with van der Waals surface area (Å²) in [5.41, 5.74) is 3.53. The highest BCUT2D eigenvalue weighted by Crippen LogP contribution is 2.30. The molecule has 1 aliphatic carbocycles. The van der Waals surface area contributed by atoms with Gasteiger partial charge in [0.2, 0.25) is 0 Å². The summed E-state index contributed by atoms with van der Waals surface area (Å²) in [5.74, 6) is -1.29. The van der Waals surface area contributed by atoms with Gasteiger partial charge in [0, 0.05) is 24.4 Å². The van der Waals surface area contributed by atoms with E-state index in [-0.39, 0.29) is 11.9 Å². The van der Waals surface area contributed by atoms with Crippen LogP contribution in [0.3, 0.4) is 0 Å². The standard InChI is InChI=1S/C23H23F2N3O2/c1-14(15-7-10-17(30-3)11-8-15)27(2)23(29)22-18-5-4-6-21(18)28(26-22)16-9-12-19(24)20(25)13-16/h7-14H,4-6H2,1-3H3. The largest absolute Gasteiger partial charge is 0.497 e. The van der Waals surface area contributed by atoms with Crippen molar-refractivity contribution in [2.24, 2.45) is 0 Å². The first kappa shape index (κ1) is 20.1. The minimum Gasteiger partial charge on any atom is -0.497 e. The fourth-order valence-electron chi connectivity index (χ4n) is 3.89. The summed E-state index contributed by atoms with van der Waals surface area (Å²) >= 11 is 0. The third-order valence-corrected chi connectivity index (χ3v) is 5.78. The van der Waals surface area contributed by atoms with Crippen molar-refractivity contribution in [3.8, 4) is 11.4 Å². The number of halogens is 2. The van der Waals surface area contributed by atoms with E-state index in [4.69, 9.17) is 4.74 Å². The molecule has 1 aromatic heterocycles. The molecule has 1 heterocycles. The minimum absolute atomic E-state index is 0.172. The van der Waals surface area contributed by atoms with Crippen LogP contribution in [-0.4, -0.2) is 34.7 Å². The van der Waals surface area contributed by atoms with E-state index in [1.807, 2.05) is 31.2 Å². The van der Waals surface area contributed by atoms with Crippen LogP contribution < -0.4 is 4.74 Å². The Morgan fingerprint density at radius 2 is 1.87 bits per heavy atom. The highest BCUT2D eigenvalue weighted by Gasteiger charge is 2.30. The van der Waals surface area contributed by atoms with Crippen molar-refractivity contribution >= 4 is 5.91 Å². The molecule has 1 aliphatic rings. The first-order chi connectivity index (χ1) is 14.4. The summed E-state index contributed by atoms with van der Waals surface area (Å²) < 4.78 is 33.9. The Bertz CT molecular complexity index is 1090. The molecule has 4 rings (SSSR count). The Morgan fingerprint density at radius 3 is 2.53 bits per heavy atom. The number of aromatic nitrogens is 2. The number of hydrogen-bond donors (Lipinski definition) is 0. The molecule has 1 unspecified atom stereocenters. The van der Waals surface area contributed by atoms with Crippen LogP contribution in [-0.2, 0) is 12.8 Å². The van der Waals surface area contributed by atoms with Gasteiger partial charge in [-0.1, -0.05) is 12.1 Å². The zero-order chi connectivity index (χ0) is 21.4. The van der Waals surface area contributed by atoms with E-state index >= 15 is 0 Å². The molecule has 0 N–H and O–H groups in total. The van der Waals surface area contributed by atoms with Gasteiger partial charge in [-0.3, -0.25) is 4.79 Å². The molecule has 1 atom stereocenters. The lowest BCUT2D eigenvalue weighted by molar-refractivity contribution is 0.0735. The Labute approximate surface area is 173 Å². The number of ether oxygens (including phenoxy) is 1. The second-order valence-electron chi connectivity index (χ2n) is 7.50. The molecule has 7 heteroatoms. The molecule has 0 fully saturated rings. The number of rotatable bonds is 5. The smallest absolute Gasteiger partial charge is 0.274 e. The maximum absolute atomic E-state index is 13.8. The van der Waals surface area contributed by atoms with Crippen molar-refractivity contribution in [3.63, 3.8) is 0 Å². The predicted molar refractivity (Wildman–Crippen MR) is 109 cm³/mol. The summed E-state index contributed by atoms with van der Waals surface area (Å²) in [6.45, 7) is 1.95. The number of benzene rings is 2. The molecule has 0 saturated carbocycles. The number of amides is 1. The van der Waals surface area contributed by atoms with Crippen LogP contribution in [0, 0.1) is 11.6 Å². The Hall–Kier alpha value is -3.22. The molecule has 1 amide bonds. The highest BCUT2D eigenvalue weighted by molar-refractivity contribution is 5.94. The monoisotopic (exact) mass is 411 g/mol. The quantitative estimate of drug-likeness (QED) is 0.622. The number of fused-ring (bicyclic) bond motifs is 1. The van der Waals surface area contributed by atoms with Gasteiger partial charge in [0.15, 0.2) is 17.3 Å². The van der Waals surface area contributed by atoms with Gasteiger partial charge in [-0.05, 0) is 56.0 Å². The number of nitrogens with zero attached hydrogens (tertiary/aromatic N) is 3. The van der Waals surface area contributed by atoms with E-state index in [0.29, 0.717) is 11.4 Å². The molecule has 2 aromatic carbocycles. The third-order valence-electron chi connectivity index (χ3n) is 5.78. The van der Waals surface area contributed by atoms with Crippen molar-refractivity contribution in [2.75, 3.05) is 14.2 Å². The lowest BCUT2D eigenvalue weighted by Crippen LogP contribution is -2.30. The van der Waals surface area contributed by atoms with Crippen LogP contribution in [0.15, 0.2) is 42.5 Å². The molecule has 0 saturated heterocycles. The second kappa shape index (κ2) is 7.89. The Kier molecular flexibility index (Phi) is 5.28. The molecule has 0 spiro atoms. The molecular weight excluding hydrogens is 388 g/mol. The number of carbonyl (C=O) groups is 1. The van der Waals surface area contributed by atoms with Gasteiger partial charge in [0.25, 0.3) is 5.91 Å². The van der Waals surface area contributed by atoms with E-state index in [1.165, 1.54) is 6.07 Å². The van der Waals surface area contributed by atoms with Crippen molar-refractivity contribution < 1.29 is 18.3 Å². The average molecular weight is 411 g/mol. The zero-order valence-corrected chi connectivity index (χ0v) is 17.2. The highest BCUT2D eigenvalue weighted by atomic mass is 19.2. The van der Waals surface area contributed by atoms with Crippen molar-refractivity contribution in [2.45, 2.75) is 32.2 Å². The number of carbonyl (C=O) groups excluding carboxylic acids is 1. The molecule has 156 valence electrons. The van der Waals surface area contributed by atoms with E-state index in [0.717, 1.165) is 54.0 Å². The van der Waals surface area contributed by atoms with Gasteiger partial charge in [0.1, 0.15) is 5.75 Å². The third kappa shape index (κ3) is 3.44. The van der Waals surface area contributed by atoms with Gasteiger partial charge in [0.05, 0.1) is 18.8 Å². The van der Waals surface area contributed by atoms with E-state index in [2.05, 4.69) is 5.10 Å². The normalized spacial score (nSPS) is 13.8. The molecule has 5 nitrogen and oxygen atoms in total. The van der Waals surface area contributed by atoms with Crippen LogP contribution in [0.4, 0.5) is 8.78 Å². The maximum atomic E-state index is 13.8. The van der Waals surface area contributed by atoms with Gasteiger partial charge < -0.3 is 9.64 Å². The van der Waals surface area contributed by atoms with Crippen LogP contribution in [0.2, 0.25) is 0 Å². The second-order valence-corrected chi connectivity index (χ2v) is 7.50. The van der Waals surface area contributed by atoms with Crippen LogP contribution in [0.25, 0.3) is 5.69 Å². The SMILES string of the molecule is COc1ccc(C(C)N(C)C(=O)c2nn(-c3ccc(F)c(F)c3)c3c2CCC3)cc1. The first-order valence-corrected chi connectivity index (χ1v) is 9.88. The summed E-state index contributed by atoms with van der Waals surface area (Å²) in [5, 5.41) is 4.51. The Morgan fingerprint density at radius 1 is 1.13 bits per heavy atom. The fourth-order valence-corrected chi connectivity index (χ4v) is 3.89. The summed E-state index contributed by atoms with van der Waals surface area (Å²) in [4.78, 5) is 15.0.